The Hall–Kier alpha value is -2.54. The van der Waals surface area contributed by atoms with E-state index in [0.717, 1.165) is 29.8 Å². The molecule has 2 heterocycles. The fourth-order valence-electron chi connectivity index (χ4n) is 2.59. The third kappa shape index (κ3) is 4.73. The minimum absolute atomic E-state index is 0.103. The van der Waals surface area contributed by atoms with Crippen LogP contribution in [-0.2, 0) is 13.0 Å². The number of carbonyl (C=O) groups excluding carboxylic acids is 1. The molecule has 6 nitrogen and oxygen atoms in total. The molecule has 0 spiro atoms. The van der Waals surface area contributed by atoms with Gasteiger partial charge in [-0.1, -0.05) is 37.3 Å². The Morgan fingerprint density at radius 1 is 1.32 bits per heavy atom. The van der Waals surface area contributed by atoms with E-state index < -0.39 is 0 Å². The number of hydrogen-bond acceptors (Lipinski definition) is 5. The molecule has 1 atom stereocenters. The Morgan fingerprint density at radius 2 is 2.16 bits per heavy atom. The summed E-state index contributed by atoms with van der Waals surface area (Å²) in [6.45, 7) is 2.79. The van der Waals surface area contributed by atoms with E-state index in [4.69, 9.17) is 0 Å². The van der Waals surface area contributed by atoms with Crippen molar-refractivity contribution >= 4 is 17.2 Å². The lowest BCUT2D eigenvalue weighted by molar-refractivity contribution is 0.0928. The molecule has 1 N–H and O–H groups in total. The van der Waals surface area contributed by atoms with Crippen LogP contribution in [0, 0.1) is 0 Å². The van der Waals surface area contributed by atoms with Gasteiger partial charge >= 0.3 is 0 Å². The number of hydrogen-bond donors (Lipinski definition) is 1. The van der Waals surface area contributed by atoms with E-state index in [2.05, 4.69) is 27.3 Å². The highest BCUT2D eigenvalue weighted by atomic mass is 32.1. The summed E-state index contributed by atoms with van der Waals surface area (Å²) in [6, 6.07) is 9.87. The van der Waals surface area contributed by atoms with Gasteiger partial charge in [0.25, 0.3) is 5.91 Å². The van der Waals surface area contributed by atoms with Crippen molar-refractivity contribution in [2.75, 3.05) is 0 Å². The number of thiazole rings is 1. The Balaban J connectivity index is 1.70. The molecule has 7 heteroatoms. The Kier molecular flexibility index (Phi) is 5.90. The van der Waals surface area contributed by atoms with Crippen molar-refractivity contribution in [3.8, 4) is 0 Å². The molecular weight excluding hydrogens is 334 g/mol. The standard InChI is InChI=1S/C18H21N5OS/c1-2-6-17-21-16(11-25-17)18(24)22-15(14-7-4-3-5-8-14)9-10-23-13-19-12-20-23/h3-5,7-8,11-13,15H,2,6,9-10H2,1H3,(H,22,24). The van der Waals surface area contributed by atoms with Crippen molar-refractivity contribution < 1.29 is 4.79 Å². The first-order chi connectivity index (χ1) is 12.3. The van der Waals surface area contributed by atoms with E-state index in [0.29, 0.717) is 12.2 Å². The Labute approximate surface area is 150 Å². The van der Waals surface area contributed by atoms with E-state index >= 15 is 0 Å². The first kappa shape index (κ1) is 17.3. The second-order valence-electron chi connectivity index (χ2n) is 5.76. The van der Waals surface area contributed by atoms with Gasteiger partial charge < -0.3 is 5.32 Å². The molecule has 0 aliphatic heterocycles. The summed E-state index contributed by atoms with van der Waals surface area (Å²) < 4.78 is 1.77. The first-order valence-corrected chi connectivity index (χ1v) is 9.27. The number of carbonyl (C=O) groups is 1. The molecule has 0 aliphatic rings. The van der Waals surface area contributed by atoms with Gasteiger partial charge in [-0.25, -0.2) is 9.97 Å². The van der Waals surface area contributed by atoms with E-state index in [1.807, 2.05) is 35.7 Å². The molecule has 1 amide bonds. The molecule has 0 fully saturated rings. The third-order valence-electron chi connectivity index (χ3n) is 3.87. The average molecular weight is 355 g/mol. The highest BCUT2D eigenvalue weighted by Gasteiger charge is 2.18. The van der Waals surface area contributed by atoms with E-state index in [9.17, 15) is 4.79 Å². The van der Waals surface area contributed by atoms with Crippen LogP contribution in [0.25, 0.3) is 0 Å². The van der Waals surface area contributed by atoms with Crippen molar-refractivity contribution in [3.63, 3.8) is 0 Å². The Bertz CT molecular complexity index is 785. The third-order valence-corrected chi connectivity index (χ3v) is 4.78. The van der Waals surface area contributed by atoms with Gasteiger partial charge in [0.2, 0.25) is 0 Å². The molecule has 0 saturated carbocycles. The summed E-state index contributed by atoms with van der Waals surface area (Å²) in [4.78, 5) is 21.0. The molecule has 3 aromatic rings. The quantitative estimate of drug-likeness (QED) is 0.673. The topological polar surface area (TPSA) is 72.7 Å². The van der Waals surface area contributed by atoms with Crippen LogP contribution in [0.15, 0.2) is 48.4 Å². The second-order valence-corrected chi connectivity index (χ2v) is 6.70. The molecule has 1 aromatic carbocycles. The number of amides is 1. The van der Waals surface area contributed by atoms with E-state index in [1.54, 1.807) is 22.3 Å². The lowest BCUT2D eigenvalue weighted by Crippen LogP contribution is -2.29. The second kappa shape index (κ2) is 8.53. The average Bonchev–Trinajstić information content (AvgIpc) is 3.31. The number of aromatic nitrogens is 4. The van der Waals surface area contributed by atoms with Crippen molar-refractivity contribution in [2.45, 2.75) is 38.8 Å². The van der Waals surface area contributed by atoms with E-state index in [-0.39, 0.29) is 11.9 Å². The van der Waals surface area contributed by atoms with Gasteiger partial charge in [0.05, 0.1) is 11.0 Å². The van der Waals surface area contributed by atoms with Crippen LogP contribution in [0.1, 0.15) is 46.9 Å². The minimum atomic E-state index is -0.133. The molecule has 0 saturated heterocycles. The lowest BCUT2D eigenvalue weighted by Gasteiger charge is -2.18. The van der Waals surface area contributed by atoms with E-state index in [1.165, 1.54) is 6.33 Å². The van der Waals surface area contributed by atoms with Gasteiger partial charge in [0.15, 0.2) is 0 Å². The normalized spacial score (nSPS) is 12.0. The SMILES string of the molecule is CCCc1nc(C(=O)NC(CCn2cncn2)c2ccccc2)cs1. The van der Waals surface area contributed by atoms with Crippen molar-refractivity contribution in [2.24, 2.45) is 0 Å². The van der Waals surface area contributed by atoms with Gasteiger partial charge in [-0.3, -0.25) is 9.48 Å². The smallest absolute Gasteiger partial charge is 0.271 e. The van der Waals surface area contributed by atoms with Crippen LogP contribution in [-0.4, -0.2) is 25.7 Å². The number of aryl methyl sites for hydroxylation is 2. The summed E-state index contributed by atoms with van der Waals surface area (Å²) in [5.41, 5.74) is 1.56. The number of rotatable bonds is 8. The lowest BCUT2D eigenvalue weighted by atomic mass is 10.0. The fourth-order valence-corrected chi connectivity index (χ4v) is 3.47. The van der Waals surface area contributed by atoms with Crippen LogP contribution in [0.5, 0.6) is 0 Å². The van der Waals surface area contributed by atoms with Gasteiger partial charge in [0, 0.05) is 11.9 Å². The summed E-state index contributed by atoms with van der Waals surface area (Å²) in [7, 11) is 0. The van der Waals surface area contributed by atoms with Crippen LogP contribution < -0.4 is 5.32 Å². The monoisotopic (exact) mass is 355 g/mol. The molecular formula is C18H21N5OS. The molecule has 0 aliphatic carbocycles. The van der Waals surface area contributed by atoms with Gasteiger partial charge in [-0.05, 0) is 24.8 Å². The minimum Gasteiger partial charge on any atom is -0.344 e. The van der Waals surface area contributed by atoms with Crippen LogP contribution in [0.2, 0.25) is 0 Å². The van der Waals surface area contributed by atoms with Crippen molar-refractivity contribution in [1.82, 2.24) is 25.1 Å². The van der Waals surface area contributed by atoms with Gasteiger partial charge in [0.1, 0.15) is 18.3 Å². The summed E-state index contributed by atoms with van der Waals surface area (Å²) in [5.74, 6) is -0.133. The zero-order valence-electron chi connectivity index (χ0n) is 14.1. The van der Waals surface area contributed by atoms with Crippen LogP contribution in [0.4, 0.5) is 0 Å². The highest BCUT2D eigenvalue weighted by Crippen LogP contribution is 2.19. The first-order valence-electron chi connectivity index (χ1n) is 8.39. The molecule has 2 aromatic heterocycles. The molecule has 1 unspecified atom stereocenters. The largest absolute Gasteiger partial charge is 0.344 e. The van der Waals surface area contributed by atoms with Gasteiger partial charge in [-0.15, -0.1) is 11.3 Å². The predicted molar refractivity (Wildman–Crippen MR) is 97.4 cm³/mol. The maximum absolute atomic E-state index is 12.6. The summed E-state index contributed by atoms with van der Waals surface area (Å²) in [6.07, 6.45) is 5.86. The molecule has 3 rings (SSSR count). The predicted octanol–water partition coefficient (Wildman–Crippen LogP) is 3.25. The molecule has 25 heavy (non-hydrogen) atoms. The summed E-state index contributed by atoms with van der Waals surface area (Å²) in [5, 5.41) is 10.1. The molecule has 130 valence electrons. The molecule has 0 radical (unpaired) electrons. The number of benzene rings is 1. The Morgan fingerprint density at radius 3 is 2.88 bits per heavy atom. The van der Waals surface area contributed by atoms with Crippen molar-refractivity contribution in [3.05, 3.63) is 64.6 Å². The van der Waals surface area contributed by atoms with Gasteiger partial charge in [-0.2, -0.15) is 5.10 Å². The fraction of sp³-hybridized carbons (Fsp3) is 0.333. The maximum atomic E-state index is 12.6. The molecule has 0 bridgehead atoms. The van der Waals surface area contributed by atoms with Crippen molar-refractivity contribution in [1.29, 1.82) is 0 Å². The summed E-state index contributed by atoms with van der Waals surface area (Å²) >= 11 is 1.54. The zero-order valence-corrected chi connectivity index (χ0v) is 14.9. The van der Waals surface area contributed by atoms with Crippen LogP contribution >= 0.6 is 11.3 Å². The number of nitrogens with one attached hydrogen (secondary N) is 1. The van der Waals surface area contributed by atoms with Crippen LogP contribution in [0.3, 0.4) is 0 Å². The zero-order chi connectivity index (χ0) is 17.5. The highest BCUT2D eigenvalue weighted by molar-refractivity contribution is 7.09. The maximum Gasteiger partial charge on any atom is 0.271 e. The number of nitrogens with zero attached hydrogens (tertiary/aromatic N) is 4.